The molecule has 0 atom stereocenters. The summed E-state index contributed by atoms with van der Waals surface area (Å²) in [5.41, 5.74) is 0.851. The van der Waals surface area contributed by atoms with Gasteiger partial charge in [-0.15, -0.1) is 0 Å². The topological polar surface area (TPSA) is 44.6 Å². The quantitative estimate of drug-likeness (QED) is 0.742. The largest absolute Gasteiger partial charge is 0.508 e. The highest BCUT2D eigenvalue weighted by Crippen LogP contribution is 2.22. The van der Waals surface area contributed by atoms with E-state index in [1.54, 1.807) is 12.1 Å². The maximum Gasteiger partial charge on any atom is 0.129 e. The van der Waals surface area contributed by atoms with Gasteiger partial charge in [0, 0.05) is 18.7 Å². The SMILES string of the molecule is Oc1ccc(C2=NCCCN2)c(Cl)c1. The maximum absolute atomic E-state index is 9.19. The summed E-state index contributed by atoms with van der Waals surface area (Å²) in [4.78, 5) is 4.33. The first-order valence-electron chi connectivity index (χ1n) is 4.54. The van der Waals surface area contributed by atoms with Crippen molar-refractivity contribution in [1.82, 2.24) is 5.32 Å². The lowest BCUT2D eigenvalue weighted by atomic mass is 10.1. The van der Waals surface area contributed by atoms with Crippen LogP contribution >= 0.6 is 11.6 Å². The molecule has 4 heteroatoms. The number of rotatable bonds is 1. The van der Waals surface area contributed by atoms with Crippen LogP contribution in [0.5, 0.6) is 5.75 Å². The molecule has 1 aliphatic rings. The Kier molecular flexibility index (Phi) is 2.59. The molecule has 0 unspecified atom stereocenters. The number of aromatic hydroxyl groups is 1. The van der Waals surface area contributed by atoms with Gasteiger partial charge in [-0.1, -0.05) is 11.6 Å². The summed E-state index contributed by atoms with van der Waals surface area (Å²) in [7, 11) is 0. The van der Waals surface area contributed by atoms with E-state index in [9.17, 15) is 5.11 Å². The molecule has 0 radical (unpaired) electrons. The summed E-state index contributed by atoms with van der Waals surface area (Å²) in [6, 6.07) is 4.91. The molecule has 0 aliphatic carbocycles. The van der Waals surface area contributed by atoms with Crippen LogP contribution in [0.4, 0.5) is 0 Å². The van der Waals surface area contributed by atoms with Gasteiger partial charge in [-0.3, -0.25) is 4.99 Å². The minimum Gasteiger partial charge on any atom is -0.508 e. The molecule has 0 saturated heterocycles. The summed E-state index contributed by atoms with van der Waals surface area (Å²) in [6.45, 7) is 1.76. The third-order valence-corrected chi connectivity index (χ3v) is 2.42. The molecule has 2 N–H and O–H groups in total. The van der Waals surface area contributed by atoms with Gasteiger partial charge >= 0.3 is 0 Å². The molecule has 0 bridgehead atoms. The van der Waals surface area contributed by atoms with E-state index in [-0.39, 0.29) is 5.75 Å². The first-order valence-corrected chi connectivity index (χ1v) is 4.92. The lowest BCUT2D eigenvalue weighted by Gasteiger charge is -2.15. The molecular weight excluding hydrogens is 200 g/mol. The summed E-state index contributed by atoms with van der Waals surface area (Å²) >= 11 is 5.98. The number of phenolic OH excluding ortho intramolecular Hbond substituents is 1. The second-order valence-electron chi connectivity index (χ2n) is 3.17. The van der Waals surface area contributed by atoms with Gasteiger partial charge in [-0.2, -0.15) is 0 Å². The van der Waals surface area contributed by atoms with E-state index in [2.05, 4.69) is 10.3 Å². The van der Waals surface area contributed by atoms with E-state index in [1.807, 2.05) is 0 Å². The van der Waals surface area contributed by atoms with Crippen molar-refractivity contribution in [2.45, 2.75) is 6.42 Å². The summed E-state index contributed by atoms with van der Waals surface area (Å²) in [6.07, 6.45) is 1.05. The van der Waals surface area contributed by atoms with Crippen LogP contribution in [0.25, 0.3) is 0 Å². The number of phenols is 1. The molecule has 0 amide bonds. The van der Waals surface area contributed by atoms with Gasteiger partial charge in [0.1, 0.15) is 11.6 Å². The van der Waals surface area contributed by atoms with E-state index >= 15 is 0 Å². The van der Waals surface area contributed by atoms with Crippen LogP contribution in [0, 0.1) is 0 Å². The Labute approximate surface area is 87.4 Å². The first-order chi connectivity index (χ1) is 6.77. The van der Waals surface area contributed by atoms with Crippen molar-refractivity contribution < 1.29 is 5.11 Å². The standard InChI is InChI=1S/C10H11ClN2O/c11-9-6-7(14)2-3-8(9)10-12-4-1-5-13-10/h2-3,6,14H,1,4-5H2,(H,12,13). The van der Waals surface area contributed by atoms with Crippen molar-refractivity contribution in [3.8, 4) is 5.75 Å². The van der Waals surface area contributed by atoms with E-state index in [0.29, 0.717) is 5.02 Å². The van der Waals surface area contributed by atoms with Crippen molar-refractivity contribution in [2.24, 2.45) is 4.99 Å². The molecule has 3 nitrogen and oxygen atoms in total. The summed E-state index contributed by atoms with van der Waals surface area (Å²) in [5, 5.41) is 12.9. The van der Waals surface area contributed by atoms with Crippen LogP contribution in [0.1, 0.15) is 12.0 Å². The Morgan fingerprint density at radius 2 is 2.29 bits per heavy atom. The number of hydrogen-bond acceptors (Lipinski definition) is 3. The molecule has 0 saturated carbocycles. The average molecular weight is 211 g/mol. The molecule has 0 spiro atoms. The van der Waals surface area contributed by atoms with Gasteiger partial charge < -0.3 is 10.4 Å². The average Bonchev–Trinajstić information content (AvgIpc) is 2.19. The molecule has 1 aromatic carbocycles. The molecule has 0 fully saturated rings. The third-order valence-electron chi connectivity index (χ3n) is 2.11. The Morgan fingerprint density at radius 3 is 2.93 bits per heavy atom. The fourth-order valence-electron chi connectivity index (χ4n) is 1.41. The molecule has 2 rings (SSSR count). The predicted molar refractivity (Wildman–Crippen MR) is 57.1 cm³/mol. The number of nitrogens with zero attached hydrogens (tertiary/aromatic N) is 1. The van der Waals surface area contributed by atoms with Crippen LogP contribution in [0.3, 0.4) is 0 Å². The Bertz CT molecular complexity index is 376. The maximum atomic E-state index is 9.19. The number of nitrogens with one attached hydrogen (secondary N) is 1. The van der Waals surface area contributed by atoms with Crippen molar-refractivity contribution in [3.05, 3.63) is 28.8 Å². The molecule has 14 heavy (non-hydrogen) atoms. The van der Waals surface area contributed by atoms with Crippen molar-refractivity contribution >= 4 is 17.4 Å². The number of halogens is 1. The van der Waals surface area contributed by atoms with Crippen LogP contribution < -0.4 is 5.32 Å². The smallest absolute Gasteiger partial charge is 0.129 e. The van der Waals surface area contributed by atoms with Gasteiger partial charge in [-0.05, 0) is 24.6 Å². The van der Waals surface area contributed by atoms with Gasteiger partial charge in [0.15, 0.2) is 0 Å². The van der Waals surface area contributed by atoms with E-state index < -0.39 is 0 Å². The Morgan fingerprint density at radius 1 is 1.43 bits per heavy atom. The van der Waals surface area contributed by atoms with Gasteiger partial charge in [-0.25, -0.2) is 0 Å². The second-order valence-corrected chi connectivity index (χ2v) is 3.58. The highest BCUT2D eigenvalue weighted by atomic mass is 35.5. The normalized spacial score (nSPS) is 15.9. The van der Waals surface area contributed by atoms with Crippen LogP contribution in [0.2, 0.25) is 5.02 Å². The van der Waals surface area contributed by atoms with Crippen LogP contribution in [-0.2, 0) is 0 Å². The Balaban J connectivity index is 2.35. The van der Waals surface area contributed by atoms with Gasteiger partial charge in [0.2, 0.25) is 0 Å². The summed E-state index contributed by atoms with van der Waals surface area (Å²) < 4.78 is 0. The fraction of sp³-hybridized carbons (Fsp3) is 0.300. The van der Waals surface area contributed by atoms with E-state index in [4.69, 9.17) is 11.6 Å². The predicted octanol–water partition coefficient (Wildman–Crippen LogP) is 1.79. The van der Waals surface area contributed by atoms with Crippen LogP contribution in [-0.4, -0.2) is 24.0 Å². The highest BCUT2D eigenvalue weighted by molar-refractivity contribution is 6.34. The number of benzene rings is 1. The van der Waals surface area contributed by atoms with Crippen molar-refractivity contribution in [2.75, 3.05) is 13.1 Å². The zero-order valence-corrected chi connectivity index (χ0v) is 8.38. The monoisotopic (exact) mass is 210 g/mol. The fourth-order valence-corrected chi connectivity index (χ4v) is 1.67. The molecule has 1 aromatic rings. The van der Waals surface area contributed by atoms with Gasteiger partial charge in [0.05, 0.1) is 5.02 Å². The molecule has 74 valence electrons. The summed E-state index contributed by atoms with van der Waals surface area (Å²) in [5.74, 6) is 0.997. The Hall–Kier alpha value is -1.22. The van der Waals surface area contributed by atoms with E-state index in [1.165, 1.54) is 6.07 Å². The lowest BCUT2D eigenvalue weighted by molar-refractivity contribution is 0.475. The molecular formula is C10H11ClN2O. The minimum absolute atomic E-state index is 0.176. The van der Waals surface area contributed by atoms with E-state index in [0.717, 1.165) is 30.9 Å². The van der Waals surface area contributed by atoms with Crippen molar-refractivity contribution in [3.63, 3.8) is 0 Å². The highest BCUT2D eigenvalue weighted by Gasteiger charge is 2.10. The minimum atomic E-state index is 0.176. The zero-order chi connectivity index (χ0) is 9.97. The second kappa shape index (κ2) is 3.88. The molecule has 1 heterocycles. The first kappa shape index (κ1) is 9.34. The number of aliphatic imine (C=N–C) groups is 1. The third kappa shape index (κ3) is 1.82. The van der Waals surface area contributed by atoms with Crippen molar-refractivity contribution in [1.29, 1.82) is 0 Å². The lowest BCUT2D eigenvalue weighted by Crippen LogP contribution is -2.30. The molecule has 0 aromatic heterocycles. The van der Waals surface area contributed by atoms with Crippen LogP contribution in [0.15, 0.2) is 23.2 Å². The number of hydrogen-bond donors (Lipinski definition) is 2. The number of amidine groups is 1. The zero-order valence-electron chi connectivity index (χ0n) is 7.63. The van der Waals surface area contributed by atoms with Gasteiger partial charge in [0.25, 0.3) is 0 Å². The molecule has 1 aliphatic heterocycles.